The number of rotatable bonds is 6. The van der Waals surface area contributed by atoms with Crippen LogP contribution >= 0.6 is 0 Å². The topological polar surface area (TPSA) is 73.1 Å². The molecule has 2 saturated carbocycles. The molecule has 7 heteroatoms. The van der Waals surface area contributed by atoms with Crippen LogP contribution in [0.15, 0.2) is 60.6 Å². The van der Waals surface area contributed by atoms with Crippen LogP contribution in [0.1, 0.15) is 59.4 Å². The summed E-state index contributed by atoms with van der Waals surface area (Å²) < 4.78 is 6.08. The fourth-order valence-corrected chi connectivity index (χ4v) is 5.36. The molecule has 1 aliphatic heterocycles. The maximum absolute atomic E-state index is 10.7. The van der Waals surface area contributed by atoms with E-state index in [9.17, 15) is 4.79 Å². The van der Waals surface area contributed by atoms with Gasteiger partial charge in [0.2, 0.25) is 5.88 Å². The SMILES string of the molecule is C=C(C)/C=C\C(=C(/C)C=O)n1nccn1.CCC.Cc1ccc(OC2CC34CC3C(C)N(C)C24)nc1. The number of aryl methyl sites for hydroxylation is 1. The predicted molar refractivity (Wildman–Crippen MR) is 144 cm³/mol. The normalized spacial score (nSPS) is 28.3. The molecule has 7 nitrogen and oxygen atoms in total. The number of hydrogen-bond acceptors (Lipinski definition) is 6. The minimum Gasteiger partial charge on any atom is -0.473 e. The summed E-state index contributed by atoms with van der Waals surface area (Å²) >= 11 is 0. The van der Waals surface area contributed by atoms with E-state index < -0.39 is 0 Å². The Morgan fingerprint density at radius 3 is 2.39 bits per heavy atom. The summed E-state index contributed by atoms with van der Waals surface area (Å²) in [5.74, 6) is 1.71. The first-order valence-corrected chi connectivity index (χ1v) is 12.9. The van der Waals surface area contributed by atoms with Crippen molar-refractivity contribution in [1.29, 1.82) is 0 Å². The van der Waals surface area contributed by atoms with E-state index in [0.29, 0.717) is 28.8 Å². The maximum atomic E-state index is 10.7. The number of piperidine rings is 1. The molecule has 5 rings (SSSR count). The summed E-state index contributed by atoms with van der Waals surface area (Å²) in [6.07, 6.45) is 13.6. The highest BCUT2D eigenvalue weighted by Crippen LogP contribution is 2.73. The zero-order valence-corrected chi connectivity index (χ0v) is 22.8. The molecule has 0 N–H and O–H groups in total. The molecule has 1 spiro atoms. The molecule has 2 aromatic rings. The zero-order chi connectivity index (χ0) is 26.5. The Morgan fingerprint density at radius 1 is 1.19 bits per heavy atom. The molecule has 2 aliphatic carbocycles. The van der Waals surface area contributed by atoms with Crippen molar-refractivity contribution >= 4 is 12.0 Å². The third kappa shape index (κ3) is 5.84. The van der Waals surface area contributed by atoms with Gasteiger partial charge in [-0.1, -0.05) is 44.6 Å². The Balaban J connectivity index is 0.000000184. The molecule has 2 aromatic heterocycles. The minimum absolute atomic E-state index is 0.347. The number of carbonyl (C=O) groups is 1. The largest absolute Gasteiger partial charge is 0.473 e. The summed E-state index contributed by atoms with van der Waals surface area (Å²) in [7, 11) is 2.25. The molecule has 0 aromatic carbocycles. The molecule has 0 radical (unpaired) electrons. The zero-order valence-electron chi connectivity index (χ0n) is 22.8. The van der Waals surface area contributed by atoms with E-state index in [0.717, 1.165) is 29.7 Å². The Kier molecular flexibility index (Phi) is 9.01. The van der Waals surface area contributed by atoms with Gasteiger partial charge in [0.1, 0.15) is 12.4 Å². The molecular formula is C29H41N5O2. The molecule has 3 fully saturated rings. The third-order valence-corrected chi connectivity index (χ3v) is 7.26. The second kappa shape index (κ2) is 11.8. The maximum Gasteiger partial charge on any atom is 0.213 e. The second-order valence-corrected chi connectivity index (χ2v) is 10.3. The fraction of sp³-hybridized carbons (Fsp3) is 0.517. The van der Waals surface area contributed by atoms with Crippen molar-refractivity contribution in [3.05, 3.63) is 66.2 Å². The van der Waals surface area contributed by atoms with Crippen LogP contribution < -0.4 is 4.74 Å². The molecule has 5 unspecified atom stereocenters. The lowest BCUT2D eigenvalue weighted by molar-refractivity contribution is -0.104. The second-order valence-electron chi connectivity index (χ2n) is 10.3. The van der Waals surface area contributed by atoms with Gasteiger partial charge in [0, 0.05) is 23.9 Å². The van der Waals surface area contributed by atoms with Crippen molar-refractivity contribution in [2.45, 2.75) is 79.0 Å². The standard InChI is InChI=1S/C15H20N2O.C11H13N3O.C3H8/c1-9-4-5-13(16-8-9)18-12-7-15-6-11(15)10(2)17(3)14(12)15;1-9(2)4-5-11(10(3)8-15)14-12-6-7-13-14;1-3-2/h4-5,8,10-12,14H,6-7H2,1-3H3;4-8H,1H2,2-3H3;3H2,1-2H3/b;5-4-,11-10-;. The fourth-order valence-electron chi connectivity index (χ4n) is 5.36. The number of likely N-dealkylation sites (N-methyl/N-ethyl adjacent to an activating group) is 1. The van der Waals surface area contributed by atoms with E-state index in [-0.39, 0.29) is 0 Å². The molecule has 0 bridgehead atoms. The molecule has 3 aliphatic rings. The van der Waals surface area contributed by atoms with E-state index in [1.54, 1.807) is 25.4 Å². The van der Waals surface area contributed by atoms with Gasteiger partial charge in [-0.15, -0.1) is 0 Å². The average molecular weight is 492 g/mol. The van der Waals surface area contributed by atoms with Gasteiger partial charge < -0.3 is 4.74 Å². The average Bonchev–Trinajstić information content (AvgIpc) is 3.29. The lowest BCUT2D eigenvalue weighted by atomic mass is 9.73. The van der Waals surface area contributed by atoms with Gasteiger partial charge in [0.05, 0.1) is 24.1 Å². The molecule has 194 valence electrons. The number of aromatic nitrogens is 4. The van der Waals surface area contributed by atoms with E-state index in [2.05, 4.69) is 67.5 Å². The first-order valence-electron chi connectivity index (χ1n) is 12.9. The number of carbonyl (C=O) groups excluding carboxylic acids is 1. The third-order valence-electron chi connectivity index (χ3n) is 7.26. The number of allylic oxidation sites excluding steroid dienone is 5. The number of nitrogens with zero attached hydrogens (tertiary/aromatic N) is 5. The number of ether oxygens (including phenoxy) is 1. The Morgan fingerprint density at radius 2 is 1.86 bits per heavy atom. The van der Waals surface area contributed by atoms with Crippen molar-refractivity contribution in [2.24, 2.45) is 11.3 Å². The number of aldehydes is 1. The van der Waals surface area contributed by atoms with E-state index >= 15 is 0 Å². The highest BCUT2D eigenvalue weighted by Gasteiger charge is 2.76. The number of pyridine rings is 1. The van der Waals surface area contributed by atoms with Crippen molar-refractivity contribution in [2.75, 3.05) is 7.05 Å². The van der Waals surface area contributed by atoms with Gasteiger partial charge >= 0.3 is 0 Å². The van der Waals surface area contributed by atoms with Gasteiger partial charge in [-0.3, -0.25) is 9.69 Å². The predicted octanol–water partition coefficient (Wildman–Crippen LogP) is 5.51. The summed E-state index contributed by atoms with van der Waals surface area (Å²) in [5.41, 5.74) is 3.92. The van der Waals surface area contributed by atoms with Crippen molar-refractivity contribution < 1.29 is 9.53 Å². The van der Waals surface area contributed by atoms with Gasteiger partial charge in [-0.05, 0) is 70.6 Å². The van der Waals surface area contributed by atoms with Gasteiger partial charge in [-0.2, -0.15) is 15.0 Å². The number of hydrogen-bond donors (Lipinski definition) is 0. The summed E-state index contributed by atoms with van der Waals surface area (Å²) in [5, 5.41) is 7.94. The quantitative estimate of drug-likeness (QED) is 0.302. The van der Waals surface area contributed by atoms with E-state index in [1.165, 1.54) is 29.6 Å². The van der Waals surface area contributed by atoms with Crippen molar-refractivity contribution in [3.8, 4) is 5.88 Å². The van der Waals surface area contributed by atoms with Crippen LogP contribution in [0.3, 0.4) is 0 Å². The van der Waals surface area contributed by atoms with Crippen LogP contribution in [-0.2, 0) is 4.79 Å². The molecule has 0 amide bonds. The van der Waals surface area contributed by atoms with Gasteiger partial charge in [0.25, 0.3) is 0 Å². The van der Waals surface area contributed by atoms with Crippen LogP contribution in [0.25, 0.3) is 5.70 Å². The first-order chi connectivity index (χ1) is 17.2. The first kappa shape index (κ1) is 27.5. The Hall–Kier alpha value is -3.06. The van der Waals surface area contributed by atoms with Crippen LogP contribution in [0.5, 0.6) is 5.88 Å². The van der Waals surface area contributed by atoms with Crippen LogP contribution in [-0.4, -0.2) is 56.4 Å². The van der Waals surface area contributed by atoms with Gasteiger partial charge in [0.15, 0.2) is 0 Å². The molecule has 3 heterocycles. The van der Waals surface area contributed by atoms with Crippen molar-refractivity contribution in [1.82, 2.24) is 24.9 Å². The monoisotopic (exact) mass is 491 g/mol. The summed E-state index contributed by atoms with van der Waals surface area (Å²) in [6.45, 7) is 16.0. The van der Waals surface area contributed by atoms with E-state index in [4.69, 9.17) is 4.74 Å². The minimum atomic E-state index is 0.347. The molecule has 36 heavy (non-hydrogen) atoms. The number of likely N-dealkylation sites (tertiary alicyclic amines) is 1. The summed E-state index contributed by atoms with van der Waals surface area (Å²) in [4.78, 5) is 19.0. The Labute approximate surface area is 215 Å². The summed E-state index contributed by atoms with van der Waals surface area (Å²) in [6, 6.07) is 5.41. The highest BCUT2D eigenvalue weighted by molar-refractivity contribution is 5.84. The highest BCUT2D eigenvalue weighted by atomic mass is 16.5. The lowest BCUT2D eigenvalue weighted by Gasteiger charge is -2.46. The Bertz CT molecular complexity index is 1090. The smallest absolute Gasteiger partial charge is 0.213 e. The van der Waals surface area contributed by atoms with Crippen LogP contribution in [0.4, 0.5) is 0 Å². The lowest BCUT2D eigenvalue weighted by Crippen LogP contribution is -2.57. The van der Waals surface area contributed by atoms with E-state index in [1.807, 2.05) is 25.3 Å². The van der Waals surface area contributed by atoms with Crippen LogP contribution in [0, 0.1) is 18.3 Å². The van der Waals surface area contributed by atoms with Gasteiger partial charge in [-0.25, -0.2) is 4.98 Å². The molecular weight excluding hydrogens is 450 g/mol. The molecule has 5 atom stereocenters. The molecule has 1 saturated heterocycles. The van der Waals surface area contributed by atoms with Crippen LogP contribution in [0.2, 0.25) is 0 Å². The van der Waals surface area contributed by atoms with Crippen molar-refractivity contribution in [3.63, 3.8) is 0 Å².